The number of aromatic nitrogens is 2. The third kappa shape index (κ3) is 6.73. The lowest BCUT2D eigenvalue weighted by molar-refractivity contribution is -0.126. The summed E-state index contributed by atoms with van der Waals surface area (Å²) in [7, 11) is 0. The van der Waals surface area contributed by atoms with E-state index in [1.54, 1.807) is 12.5 Å². The van der Waals surface area contributed by atoms with E-state index in [2.05, 4.69) is 15.6 Å². The fourth-order valence-corrected chi connectivity index (χ4v) is 3.33. The number of rotatable bonds is 9. The van der Waals surface area contributed by atoms with E-state index in [1.807, 2.05) is 42.7 Å². The molecule has 168 valence electrons. The maximum atomic E-state index is 13.3. The van der Waals surface area contributed by atoms with Crippen molar-refractivity contribution >= 4 is 17.6 Å². The number of halogens is 2. The first-order valence-electron chi connectivity index (χ1n) is 10.4. The zero-order chi connectivity index (χ0) is 23.1. The van der Waals surface area contributed by atoms with E-state index in [9.17, 15) is 18.4 Å². The molecular weight excluding hydrogens is 414 g/mol. The normalized spacial score (nSPS) is 11.8. The molecule has 2 amide bonds. The second-order valence-electron chi connectivity index (χ2n) is 7.77. The molecule has 1 heterocycles. The molecule has 6 nitrogen and oxygen atoms in total. The summed E-state index contributed by atoms with van der Waals surface area (Å²) in [5, 5.41) is 5.37. The summed E-state index contributed by atoms with van der Waals surface area (Å²) in [6.45, 7) is 4.53. The molecule has 2 N–H and O–H groups in total. The number of carbonyl (C=O) groups is 2. The highest BCUT2D eigenvalue weighted by Gasteiger charge is 2.21. The number of amides is 2. The standard InChI is InChI=1S/C24H26F2N4O2/c1-3-4-21(28-23(31)11-18-9-19(25)12-20(26)10-18)24(32)29-22-14-30(15-27-22)13-17-7-5-16(2)6-8-17/h5-10,12,14-15,21H,3-4,11,13H2,1-2H3,(H,28,31)(H,29,32)/t21-/m0/s1. The predicted molar refractivity (Wildman–Crippen MR) is 118 cm³/mol. The molecule has 0 aliphatic carbocycles. The monoisotopic (exact) mass is 440 g/mol. The Labute approximate surface area is 185 Å². The first kappa shape index (κ1) is 23.1. The van der Waals surface area contributed by atoms with Crippen LogP contribution in [-0.2, 0) is 22.6 Å². The van der Waals surface area contributed by atoms with Crippen molar-refractivity contribution in [1.82, 2.24) is 14.9 Å². The Bertz CT molecular complexity index is 1060. The summed E-state index contributed by atoms with van der Waals surface area (Å²) in [4.78, 5) is 29.3. The molecule has 1 atom stereocenters. The number of benzene rings is 2. The summed E-state index contributed by atoms with van der Waals surface area (Å²) in [6.07, 6.45) is 4.20. The molecule has 0 aliphatic heterocycles. The predicted octanol–water partition coefficient (Wildman–Crippen LogP) is 3.98. The van der Waals surface area contributed by atoms with Gasteiger partial charge in [-0.1, -0.05) is 43.2 Å². The average Bonchev–Trinajstić information content (AvgIpc) is 3.15. The third-order valence-corrected chi connectivity index (χ3v) is 4.89. The molecule has 0 bridgehead atoms. The fraction of sp³-hybridized carbons (Fsp3) is 0.292. The second kappa shape index (κ2) is 10.7. The van der Waals surface area contributed by atoms with Crippen LogP contribution in [0.3, 0.4) is 0 Å². The van der Waals surface area contributed by atoms with Crippen LogP contribution in [0.25, 0.3) is 0 Å². The lowest BCUT2D eigenvalue weighted by Crippen LogP contribution is -2.44. The number of hydrogen-bond acceptors (Lipinski definition) is 3. The van der Waals surface area contributed by atoms with E-state index in [1.165, 1.54) is 5.56 Å². The maximum Gasteiger partial charge on any atom is 0.248 e. The minimum absolute atomic E-state index is 0.200. The van der Waals surface area contributed by atoms with Crippen molar-refractivity contribution in [3.8, 4) is 0 Å². The van der Waals surface area contributed by atoms with Gasteiger partial charge in [0.15, 0.2) is 5.82 Å². The molecule has 0 saturated heterocycles. The number of hydrogen-bond donors (Lipinski definition) is 2. The van der Waals surface area contributed by atoms with Crippen LogP contribution in [0.15, 0.2) is 55.0 Å². The van der Waals surface area contributed by atoms with Gasteiger partial charge in [-0.2, -0.15) is 0 Å². The molecule has 0 radical (unpaired) electrons. The summed E-state index contributed by atoms with van der Waals surface area (Å²) < 4.78 is 28.5. The summed E-state index contributed by atoms with van der Waals surface area (Å²) >= 11 is 0. The van der Waals surface area contributed by atoms with Crippen LogP contribution in [0.4, 0.5) is 14.6 Å². The molecular formula is C24H26F2N4O2. The number of anilines is 1. The number of carbonyl (C=O) groups excluding carboxylic acids is 2. The van der Waals surface area contributed by atoms with Gasteiger partial charge in [-0.05, 0) is 36.6 Å². The molecule has 32 heavy (non-hydrogen) atoms. The van der Waals surface area contributed by atoms with E-state index in [-0.39, 0.29) is 12.0 Å². The molecule has 0 spiro atoms. The number of nitrogens with one attached hydrogen (secondary N) is 2. The van der Waals surface area contributed by atoms with E-state index >= 15 is 0 Å². The highest BCUT2D eigenvalue weighted by atomic mass is 19.1. The maximum absolute atomic E-state index is 13.3. The van der Waals surface area contributed by atoms with Crippen LogP contribution in [0.5, 0.6) is 0 Å². The van der Waals surface area contributed by atoms with Crippen LogP contribution in [0.2, 0.25) is 0 Å². The van der Waals surface area contributed by atoms with Gasteiger partial charge in [0.2, 0.25) is 11.8 Å². The molecule has 0 fully saturated rings. The minimum atomic E-state index is -0.784. The number of aryl methyl sites for hydroxylation is 1. The molecule has 0 saturated carbocycles. The molecule has 0 aliphatic rings. The zero-order valence-corrected chi connectivity index (χ0v) is 18.1. The van der Waals surface area contributed by atoms with Gasteiger partial charge in [0.25, 0.3) is 0 Å². The van der Waals surface area contributed by atoms with Crippen LogP contribution in [-0.4, -0.2) is 27.4 Å². The first-order valence-corrected chi connectivity index (χ1v) is 10.4. The van der Waals surface area contributed by atoms with Gasteiger partial charge < -0.3 is 15.2 Å². The Balaban J connectivity index is 1.59. The van der Waals surface area contributed by atoms with Crippen molar-refractivity contribution in [2.75, 3.05) is 5.32 Å². The van der Waals surface area contributed by atoms with E-state index in [0.717, 1.165) is 23.8 Å². The van der Waals surface area contributed by atoms with Crippen molar-refractivity contribution in [2.45, 2.75) is 45.7 Å². The zero-order valence-electron chi connectivity index (χ0n) is 18.1. The minimum Gasteiger partial charge on any atom is -0.344 e. The summed E-state index contributed by atoms with van der Waals surface area (Å²) in [5.41, 5.74) is 2.49. The summed E-state index contributed by atoms with van der Waals surface area (Å²) in [5.74, 6) is -2.02. The largest absolute Gasteiger partial charge is 0.344 e. The van der Waals surface area contributed by atoms with Gasteiger partial charge in [-0.25, -0.2) is 13.8 Å². The molecule has 3 rings (SSSR count). The van der Waals surface area contributed by atoms with Gasteiger partial charge in [-0.15, -0.1) is 0 Å². The first-order chi connectivity index (χ1) is 15.3. The third-order valence-electron chi connectivity index (χ3n) is 4.89. The lowest BCUT2D eigenvalue weighted by Gasteiger charge is -2.17. The Kier molecular flexibility index (Phi) is 7.70. The van der Waals surface area contributed by atoms with E-state index in [0.29, 0.717) is 25.2 Å². The van der Waals surface area contributed by atoms with Gasteiger partial charge in [-0.3, -0.25) is 9.59 Å². The SMILES string of the molecule is CCC[C@H](NC(=O)Cc1cc(F)cc(F)c1)C(=O)Nc1cn(Cc2ccc(C)cc2)cn1. The number of imidazole rings is 1. The van der Waals surface area contributed by atoms with Crippen molar-refractivity contribution < 1.29 is 18.4 Å². The summed E-state index contributed by atoms with van der Waals surface area (Å²) in [6, 6.07) is 10.3. The highest BCUT2D eigenvalue weighted by molar-refractivity contribution is 5.96. The van der Waals surface area contributed by atoms with Crippen molar-refractivity contribution in [1.29, 1.82) is 0 Å². The molecule has 3 aromatic rings. The van der Waals surface area contributed by atoms with Gasteiger partial charge in [0, 0.05) is 18.8 Å². The molecule has 2 aromatic carbocycles. The number of nitrogens with zero attached hydrogens (tertiary/aromatic N) is 2. The lowest BCUT2D eigenvalue weighted by atomic mass is 10.1. The molecule has 0 unspecified atom stereocenters. The Morgan fingerprint density at radius 2 is 1.75 bits per heavy atom. The quantitative estimate of drug-likeness (QED) is 0.528. The van der Waals surface area contributed by atoms with Crippen molar-refractivity contribution in [3.63, 3.8) is 0 Å². The van der Waals surface area contributed by atoms with Gasteiger partial charge in [0.1, 0.15) is 17.7 Å². The Morgan fingerprint density at radius 3 is 2.41 bits per heavy atom. The molecule has 1 aromatic heterocycles. The van der Waals surface area contributed by atoms with Crippen LogP contribution in [0.1, 0.15) is 36.5 Å². The average molecular weight is 440 g/mol. The van der Waals surface area contributed by atoms with Crippen molar-refractivity contribution in [3.05, 3.63) is 83.3 Å². The van der Waals surface area contributed by atoms with Gasteiger partial charge in [0.05, 0.1) is 12.7 Å². The fourth-order valence-electron chi connectivity index (χ4n) is 3.33. The van der Waals surface area contributed by atoms with E-state index < -0.39 is 29.5 Å². The smallest absolute Gasteiger partial charge is 0.248 e. The van der Waals surface area contributed by atoms with Crippen LogP contribution in [0, 0.1) is 18.6 Å². The highest BCUT2D eigenvalue weighted by Crippen LogP contribution is 2.11. The van der Waals surface area contributed by atoms with Crippen LogP contribution >= 0.6 is 0 Å². The Hall–Kier alpha value is -3.55. The second-order valence-corrected chi connectivity index (χ2v) is 7.77. The van der Waals surface area contributed by atoms with Crippen LogP contribution < -0.4 is 10.6 Å². The van der Waals surface area contributed by atoms with E-state index in [4.69, 9.17) is 0 Å². The van der Waals surface area contributed by atoms with Crippen molar-refractivity contribution in [2.24, 2.45) is 0 Å². The van der Waals surface area contributed by atoms with Gasteiger partial charge >= 0.3 is 0 Å². The molecule has 8 heteroatoms. The topological polar surface area (TPSA) is 76.0 Å². The Morgan fingerprint density at radius 1 is 1.06 bits per heavy atom.